The zero-order valence-electron chi connectivity index (χ0n) is 9.89. The van der Waals surface area contributed by atoms with Gasteiger partial charge in [-0.25, -0.2) is 4.79 Å². The van der Waals surface area contributed by atoms with E-state index in [0.29, 0.717) is 0 Å². The van der Waals surface area contributed by atoms with Gasteiger partial charge in [-0.3, -0.25) is 0 Å². The molecule has 0 atom stereocenters. The molecule has 0 radical (unpaired) electrons. The van der Waals surface area contributed by atoms with Gasteiger partial charge >= 0.3 is 6.03 Å². The van der Waals surface area contributed by atoms with Crippen molar-refractivity contribution in [1.82, 2.24) is 10.3 Å². The fourth-order valence-electron chi connectivity index (χ4n) is 1.91. The maximum absolute atomic E-state index is 11.6. The van der Waals surface area contributed by atoms with Crippen LogP contribution in [0.2, 0.25) is 0 Å². The molecular weight excluding hydrogens is 309 g/mol. The third kappa shape index (κ3) is 5.68. The van der Waals surface area contributed by atoms with E-state index in [1.807, 2.05) is 0 Å². The summed E-state index contributed by atoms with van der Waals surface area (Å²) >= 11 is 5.46. The third-order valence-corrected chi connectivity index (χ3v) is 3.14. The quantitative estimate of drug-likeness (QED) is 0.490. The van der Waals surface area contributed by atoms with Crippen LogP contribution in [0.1, 0.15) is 32.6 Å². The van der Waals surface area contributed by atoms with Gasteiger partial charge in [0.25, 0.3) is 0 Å². The lowest BCUT2D eigenvalue weighted by Crippen LogP contribution is -2.44. The SMILES string of the molecule is Br.CC1CCC(NC(=O)N(CCCl)N=O)CC1. The summed E-state index contributed by atoms with van der Waals surface area (Å²) in [5, 5.41) is 6.29. The van der Waals surface area contributed by atoms with E-state index >= 15 is 0 Å². The van der Waals surface area contributed by atoms with Crippen LogP contribution in [-0.2, 0) is 0 Å². The van der Waals surface area contributed by atoms with Crippen LogP contribution in [0.15, 0.2) is 5.29 Å². The maximum atomic E-state index is 11.6. The summed E-state index contributed by atoms with van der Waals surface area (Å²) in [6.07, 6.45) is 4.19. The van der Waals surface area contributed by atoms with E-state index in [2.05, 4.69) is 17.5 Å². The van der Waals surface area contributed by atoms with Gasteiger partial charge in [0, 0.05) is 11.9 Å². The number of alkyl halides is 1. The first kappa shape index (κ1) is 16.6. The molecule has 17 heavy (non-hydrogen) atoms. The van der Waals surface area contributed by atoms with Gasteiger partial charge in [0.1, 0.15) is 0 Å². The zero-order chi connectivity index (χ0) is 12.0. The van der Waals surface area contributed by atoms with E-state index in [1.54, 1.807) is 0 Å². The number of carbonyl (C=O) groups is 1. The Morgan fingerprint density at radius 3 is 2.47 bits per heavy atom. The average Bonchev–Trinajstić information content (AvgIpc) is 2.29. The smallest absolute Gasteiger partial charge is 0.334 e. The van der Waals surface area contributed by atoms with Crippen LogP contribution in [0.4, 0.5) is 4.79 Å². The van der Waals surface area contributed by atoms with Crippen LogP contribution in [0.5, 0.6) is 0 Å². The Morgan fingerprint density at radius 1 is 1.41 bits per heavy atom. The Bertz CT molecular complexity index is 248. The number of halogens is 2. The van der Waals surface area contributed by atoms with Crippen molar-refractivity contribution in [2.24, 2.45) is 11.2 Å². The van der Waals surface area contributed by atoms with E-state index in [0.717, 1.165) is 36.6 Å². The molecule has 0 saturated heterocycles. The second-order valence-corrected chi connectivity index (χ2v) is 4.68. The largest absolute Gasteiger partial charge is 0.340 e. The summed E-state index contributed by atoms with van der Waals surface area (Å²) in [7, 11) is 0. The standard InChI is InChI=1S/C10H18ClN3O2.BrH/c1-8-2-4-9(5-3-8)12-10(15)14(13-16)7-6-11;/h8-9H,2-7H2,1H3,(H,12,15);1H. The van der Waals surface area contributed by atoms with Gasteiger partial charge in [-0.15, -0.1) is 33.5 Å². The molecule has 0 unspecified atom stereocenters. The molecule has 1 N–H and O–H groups in total. The second-order valence-electron chi connectivity index (χ2n) is 4.30. The summed E-state index contributed by atoms with van der Waals surface area (Å²) in [6.45, 7) is 2.37. The lowest BCUT2D eigenvalue weighted by molar-refractivity contribution is 0.191. The molecule has 0 aliphatic heterocycles. The fraction of sp³-hybridized carbons (Fsp3) is 0.900. The number of nitrogens with one attached hydrogen (secondary N) is 1. The minimum Gasteiger partial charge on any atom is -0.334 e. The summed E-state index contributed by atoms with van der Waals surface area (Å²) in [5.41, 5.74) is 0. The summed E-state index contributed by atoms with van der Waals surface area (Å²) < 4.78 is 0. The highest BCUT2D eigenvalue weighted by Gasteiger charge is 2.22. The van der Waals surface area contributed by atoms with Gasteiger partial charge in [0.05, 0.1) is 11.8 Å². The molecule has 5 nitrogen and oxygen atoms in total. The minimum absolute atomic E-state index is 0. The topological polar surface area (TPSA) is 61.8 Å². The number of rotatable bonds is 4. The van der Waals surface area contributed by atoms with Crippen molar-refractivity contribution < 1.29 is 4.79 Å². The highest BCUT2D eigenvalue weighted by Crippen LogP contribution is 2.23. The van der Waals surface area contributed by atoms with E-state index < -0.39 is 6.03 Å². The van der Waals surface area contributed by atoms with Crippen molar-refractivity contribution in [2.75, 3.05) is 12.4 Å². The molecule has 0 aromatic rings. The predicted molar refractivity (Wildman–Crippen MR) is 73.5 cm³/mol. The molecule has 1 aliphatic rings. The van der Waals surface area contributed by atoms with Crippen LogP contribution in [0, 0.1) is 10.8 Å². The summed E-state index contributed by atoms with van der Waals surface area (Å²) in [6, 6.07) is -0.265. The van der Waals surface area contributed by atoms with Crippen LogP contribution in [0.25, 0.3) is 0 Å². The van der Waals surface area contributed by atoms with E-state index in [4.69, 9.17) is 11.6 Å². The van der Waals surface area contributed by atoms with Crippen molar-refractivity contribution in [2.45, 2.75) is 38.6 Å². The molecule has 0 aromatic heterocycles. The molecule has 100 valence electrons. The molecule has 0 spiro atoms. The molecule has 1 rings (SSSR count). The number of amides is 2. The number of nitrogens with zero attached hydrogens (tertiary/aromatic N) is 2. The van der Waals surface area contributed by atoms with Gasteiger partial charge in [-0.2, -0.15) is 5.01 Å². The molecule has 0 aromatic carbocycles. The third-order valence-electron chi connectivity index (χ3n) is 2.97. The number of urea groups is 1. The molecule has 1 aliphatic carbocycles. The number of hydrogen-bond acceptors (Lipinski definition) is 3. The molecule has 7 heteroatoms. The van der Waals surface area contributed by atoms with Crippen molar-refractivity contribution in [3.8, 4) is 0 Å². The van der Waals surface area contributed by atoms with Gasteiger partial charge in [0.2, 0.25) is 0 Å². The fourth-order valence-corrected chi connectivity index (χ4v) is 2.07. The van der Waals surface area contributed by atoms with Crippen LogP contribution in [0.3, 0.4) is 0 Å². The normalized spacial score (nSPS) is 23.4. The van der Waals surface area contributed by atoms with E-state index in [1.165, 1.54) is 0 Å². The van der Waals surface area contributed by atoms with Gasteiger partial charge < -0.3 is 5.32 Å². The first-order valence-corrected chi connectivity index (χ1v) is 6.18. The van der Waals surface area contributed by atoms with Crippen molar-refractivity contribution in [1.29, 1.82) is 0 Å². The first-order valence-electron chi connectivity index (χ1n) is 5.64. The monoisotopic (exact) mass is 327 g/mol. The van der Waals surface area contributed by atoms with Crippen LogP contribution in [-0.4, -0.2) is 29.5 Å². The van der Waals surface area contributed by atoms with E-state index in [9.17, 15) is 9.70 Å². The highest BCUT2D eigenvalue weighted by atomic mass is 79.9. The minimum atomic E-state index is -0.435. The van der Waals surface area contributed by atoms with Crippen molar-refractivity contribution in [3.63, 3.8) is 0 Å². The van der Waals surface area contributed by atoms with Gasteiger partial charge in [0.15, 0.2) is 0 Å². The van der Waals surface area contributed by atoms with Crippen molar-refractivity contribution >= 4 is 34.6 Å². The molecule has 1 saturated carbocycles. The van der Waals surface area contributed by atoms with Gasteiger partial charge in [-0.1, -0.05) is 6.92 Å². The Balaban J connectivity index is 0.00000256. The molecule has 0 heterocycles. The van der Waals surface area contributed by atoms with E-state index in [-0.39, 0.29) is 35.4 Å². The predicted octanol–water partition coefficient (Wildman–Crippen LogP) is 3.07. The van der Waals surface area contributed by atoms with Gasteiger partial charge in [-0.05, 0) is 31.6 Å². The first-order chi connectivity index (χ1) is 7.67. The molecule has 0 bridgehead atoms. The Kier molecular flexibility index (Phi) is 8.51. The molecular formula is C10H19BrClN3O2. The average molecular weight is 329 g/mol. The lowest BCUT2D eigenvalue weighted by Gasteiger charge is -2.27. The highest BCUT2D eigenvalue weighted by molar-refractivity contribution is 8.93. The summed E-state index contributed by atoms with van der Waals surface area (Å²) in [4.78, 5) is 22.0. The second kappa shape index (κ2) is 8.69. The maximum Gasteiger partial charge on any atom is 0.340 e. The number of nitroso groups, excluding NO2 is 1. The Hall–Kier alpha value is -0.360. The van der Waals surface area contributed by atoms with Crippen LogP contribution >= 0.6 is 28.6 Å². The van der Waals surface area contributed by atoms with Crippen molar-refractivity contribution in [3.05, 3.63) is 4.91 Å². The van der Waals surface area contributed by atoms with Crippen LogP contribution < -0.4 is 5.32 Å². The Labute approximate surface area is 117 Å². The summed E-state index contributed by atoms with van der Waals surface area (Å²) in [5.74, 6) is 0.942. The molecule has 1 fully saturated rings. The lowest BCUT2D eigenvalue weighted by atomic mass is 9.87. The number of carbonyl (C=O) groups excluding carboxylic acids is 1. The Morgan fingerprint density at radius 2 is 2.00 bits per heavy atom. The zero-order valence-corrected chi connectivity index (χ0v) is 12.4. The molecule has 2 amide bonds. The number of hydrogen-bond donors (Lipinski definition) is 1.